The third-order valence-electron chi connectivity index (χ3n) is 2.71. The van der Waals surface area contributed by atoms with Gasteiger partial charge in [-0.3, -0.25) is 0 Å². The predicted octanol–water partition coefficient (Wildman–Crippen LogP) is 2.39. The molecule has 1 N–H and O–H groups in total. The second kappa shape index (κ2) is 7.23. The van der Waals surface area contributed by atoms with Crippen LogP contribution in [0.5, 0.6) is 0 Å². The molecule has 0 fully saturated rings. The largest absolute Gasteiger partial charge is 0.215 e. The quantitative estimate of drug-likeness (QED) is 0.702. The summed E-state index contributed by atoms with van der Waals surface area (Å²) in [6, 6.07) is 0. The molecule has 92 valence electrons. The lowest BCUT2D eigenvalue weighted by Gasteiger charge is -2.14. The van der Waals surface area contributed by atoms with Gasteiger partial charge in [0.05, 0.1) is 5.75 Å². The first kappa shape index (κ1) is 14.9. The minimum absolute atomic E-state index is 0.255. The Balaban J connectivity index is 3.93. The van der Waals surface area contributed by atoms with Gasteiger partial charge in [-0.25, -0.2) is 13.1 Å². The summed E-state index contributed by atoms with van der Waals surface area (Å²) in [5, 5.41) is 0. The number of nitrogens with one attached hydrogen (secondary N) is 1. The summed E-state index contributed by atoms with van der Waals surface area (Å²) >= 11 is 0. The van der Waals surface area contributed by atoms with Crippen LogP contribution in [0.2, 0.25) is 0 Å². The lowest BCUT2D eigenvalue weighted by Crippen LogP contribution is -2.31. The Morgan fingerprint density at radius 3 is 2.07 bits per heavy atom. The van der Waals surface area contributed by atoms with Gasteiger partial charge in [-0.2, -0.15) is 0 Å². The van der Waals surface area contributed by atoms with Crippen LogP contribution in [0.3, 0.4) is 0 Å². The first-order valence-electron chi connectivity index (χ1n) is 5.88. The molecule has 0 spiro atoms. The maximum absolute atomic E-state index is 11.6. The Morgan fingerprint density at radius 1 is 1.13 bits per heavy atom. The van der Waals surface area contributed by atoms with E-state index >= 15 is 0 Å². The van der Waals surface area contributed by atoms with Crippen molar-refractivity contribution in [1.29, 1.82) is 0 Å². The molecule has 0 aromatic heterocycles. The molecular weight excluding hydrogens is 210 g/mol. The molecule has 0 aliphatic heterocycles. The molecule has 15 heavy (non-hydrogen) atoms. The summed E-state index contributed by atoms with van der Waals surface area (Å²) in [4.78, 5) is 0. The molecule has 0 saturated heterocycles. The summed E-state index contributed by atoms with van der Waals surface area (Å²) in [6.07, 6.45) is 2.80. The lowest BCUT2D eigenvalue weighted by molar-refractivity contribution is 0.477. The molecule has 0 aromatic rings. The van der Waals surface area contributed by atoms with Crippen LogP contribution in [-0.4, -0.2) is 20.7 Å². The van der Waals surface area contributed by atoms with Crippen LogP contribution < -0.4 is 4.72 Å². The average Bonchev–Trinajstić information content (AvgIpc) is 2.17. The van der Waals surface area contributed by atoms with Crippen molar-refractivity contribution >= 4 is 10.0 Å². The Bertz CT molecular complexity index is 243. The van der Waals surface area contributed by atoms with Crippen LogP contribution in [0.15, 0.2) is 0 Å². The molecule has 0 radical (unpaired) electrons. The van der Waals surface area contributed by atoms with Gasteiger partial charge in [0.25, 0.3) is 0 Å². The van der Waals surface area contributed by atoms with Gasteiger partial charge in [0.2, 0.25) is 10.0 Å². The van der Waals surface area contributed by atoms with Crippen LogP contribution in [-0.2, 0) is 10.0 Å². The van der Waals surface area contributed by atoms with E-state index in [1.807, 2.05) is 13.8 Å². The van der Waals surface area contributed by atoms with Gasteiger partial charge in [0, 0.05) is 6.54 Å². The maximum atomic E-state index is 11.6. The third kappa shape index (κ3) is 7.79. The first-order valence-corrected chi connectivity index (χ1v) is 7.53. The molecule has 0 rings (SSSR count). The highest BCUT2D eigenvalue weighted by Gasteiger charge is 2.13. The van der Waals surface area contributed by atoms with Gasteiger partial charge in [-0.1, -0.05) is 40.5 Å². The SMILES string of the molecule is CCC(CC)CNS(=O)(=O)CCC(C)C. The van der Waals surface area contributed by atoms with Crippen molar-refractivity contribution in [1.82, 2.24) is 4.72 Å². The zero-order chi connectivity index (χ0) is 11.9. The van der Waals surface area contributed by atoms with Crippen molar-refractivity contribution in [2.24, 2.45) is 11.8 Å². The number of hydrogen-bond donors (Lipinski definition) is 1. The molecule has 0 atom stereocenters. The molecule has 0 heterocycles. The molecule has 0 aliphatic rings. The highest BCUT2D eigenvalue weighted by molar-refractivity contribution is 7.89. The standard InChI is InChI=1S/C11H25NO2S/c1-5-11(6-2)9-12-15(13,14)8-7-10(3)4/h10-12H,5-9H2,1-4H3. The summed E-state index contributed by atoms with van der Waals surface area (Å²) in [5.74, 6) is 1.17. The fraction of sp³-hybridized carbons (Fsp3) is 1.00. The van der Waals surface area contributed by atoms with Gasteiger partial charge in [0.1, 0.15) is 0 Å². The fourth-order valence-corrected chi connectivity index (χ4v) is 2.70. The van der Waals surface area contributed by atoms with Gasteiger partial charge in [0.15, 0.2) is 0 Å². The average molecular weight is 235 g/mol. The highest BCUT2D eigenvalue weighted by Crippen LogP contribution is 2.07. The van der Waals surface area contributed by atoms with Gasteiger partial charge in [-0.15, -0.1) is 0 Å². The van der Waals surface area contributed by atoms with E-state index < -0.39 is 10.0 Å². The third-order valence-corrected chi connectivity index (χ3v) is 4.09. The molecule has 0 unspecified atom stereocenters. The molecule has 3 nitrogen and oxygen atoms in total. The van der Waals surface area contributed by atoms with Crippen LogP contribution in [0.1, 0.15) is 47.0 Å². The van der Waals surface area contributed by atoms with E-state index in [4.69, 9.17) is 0 Å². The van der Waals surface area contributed by atoms with E-state index in [0.29, 0.717) is 18.4 Å². The van der Waals surface area contributed by atoms with Crippen molar-refractivity contribution in [2.45, 2.75) is 47.0 Å². The number of sulfonamides is 1. The maximum Gasteiger partial charge on any atom is 0.211 e. The number of rotatable bonds is 8. The van der Waals surface area contributed by atoms with Crippen LogP contribution in [0.4, 0.5) is 0 Å². The Hall–Kier alpha value is -0.0900. The van der Waals surface area contributed by atoms with Crippen molar-refractivity contribution in [2.75, 3.05) is 12.3 Å². The van der Waals surface area contributed by atoms with Gasteiger partial charge < -0.3 is 0 Å². The Kier molecular flexibility index (Phi) is 7.18. The summed E-state index contributed by atoms with van der Waals surface area (Å²) in [7, 11) is -3.04. The van der Waals surface area contributed by atoms with Gasteiger partial charge in [-0.05, 0) is 18.3 Å². The highest BCUT2D eigenvalue weighted by atomic mass is 32.2. The topological polar surface area (TPSA) is 46.2 Å². The molecule has 0 amide bonds. The van der Waals surface area contributed by atoms with Crippen LogP contribution >= 0.6 is 0 Å². The predicted molar refractivity (Wildman–Crippen MR) is 65.3 cm³/mol. The molecule has 4 heteroatoms. The van der Waals surface area contributed by atoms with E-state index in [9.17, 15) is 8.42 Å². The van der Waals surface area contributed by atoms with Crippen molar-refractivity contribution in [3.63, 3.8) is 0 Å². The first-order chi connectivity index (χ1) is 6.91. The molecule has 0 aromatic carbocycles. The fourth-order valence-electron chi connectivity index (χ4n) is 1.29. The molecular formula is C11H25NO2S. The normalized spacial score (nSPS) is 12.7. The minimum Gasteiger partial charge on any atom is -0.215 e. The van der Waals surface area contributed by atoms with Crippen molar-refractivity contribution < 1.29 is 8.42 Å². The summed E-state index contributed by atoms with van der Waals surface area (Å²) in [5.41, 5.74) is 0. The monoisotopic (exact) mass is 235 g/mol. The van der Waals surface area contributed by atoms with Crippen molar-refractivity contribution in [3.05, 3.63) is 0 Å². The second-order valence-electron chi connectivity index (χ2n) is 4.53. The van der Waals surface area contributed by atoms with E-state index in [-0.39, 0.29) is 5.75 Å². The Labute approximate surface area is 94.7 Å². The Morgan fingerprint density at radius 2 is 1.67 bits per heavy atom. The van der Waals surface area contributed by atoms with Crippen molar-refractivity contribution in [3.8, 4) is 0 Å². The molecule has 0 bridgehead atoms. The number of hydrogen-bond acceptors (Lipinski definition) is 2. The second-order valence-corrected chi connectivity index (χ2v) is 6.46. The van der Waals surface area contributed by atoms with E-state index in [1.165, 1.54) is 0 Å². The molecule has 0 saturated carbocycles. The molecule has 0 aliphatic carbocycles. The summed E-state index contributed by atoms with van der Waals surface area (Å²) in [6.45, 7) is 8.85. The summed E-state index contributed by atoms with van der Waals surface area (Å²) < 4.78 is 25.8. The van der Waals surface area contributed by atoms with Crippen LogP contribution in [0, 0.1) is 11.8 Å². The lowest BCUT2D eigenvalue weighted by atomic mass is 10.0. The van der Waals surface area contributed by atoms with Gasteiger partial charge >= 0.3 is 0 Å². The van der Waals surface area contributed by atoms with E-state index in [1.54, 1.807) is 0 Å². The minimum atomic E-state index is -3.04. The zero-order valence-corrected chi connectivity index (χ0v) is 11.2. The van der Waals surface area contributed by atoms with E-state index in [0.717, 1.165) is 19.3 Å². The van der Waals surface area contributed by atoms with Crippen LogP contribution in [0.25, 0.3) is 0 Å². The zero-order valence-electron chi connectivity index (χ0n) is 10.4. The smallest absolute Gasteiger partial charge is 0.211 e. The van der Waals surface area contributed by atoms with E-state index in [2.05, 4.69) is 18.6 Å².